The van der Waals surface area contributed by atoms with Gasteiger partial charge in [0.15, 0.2) is 0 Å². The van der Waals surface area contributed by atoms with E-state index in [-0.39, 0.29) is 28.9 Å². The lowest BCUT2D eigenvalue weighted by molar-refractivity contribution is -0.0591. The first kappa shape index (κ1) is 29.4. The molecule has 5 rings (SSSR count). The molecule has 11 heteroatoms. The summed E-state index contributed by atoms with van der Waals surface area (Å²) in [5.74, 6) is -0.555. The lowest BCUT2D eigenvalue weighted by Crippen LogP contribution is -2.40. The SMILES string of the molecule is C=C/C(=C\N=C(C)C(F)(F)F)CN1CCC2CN(C(=O)c3cc(Cc4n[nH]c(=O)c5ccccc45)ccc3F)CC2C1. The van der Waals surface area contributed by atoms with Crippen LogP contribution in [0, 0.1) is 17.7 Å². The van der Waals surface area contributed by atoms with Crippen molar-refractivity contribution in [2.24, 2.45) is 16.8 Å². The second kappa shape index (κ2) is 12.0. The summed E-state index contributed by atoms with van der Waals surface area (Å²) in [6, 6.07) is 11.6. The highest BCUT2D eigenvalue weighted by atomic mass is 19.4. The Morgan fingerprint density at radius 2 is 1.88 bits per heavy atom. The van der Waals surface area contributed by atoms with Gasteiger partial charge in [0.2, 0.25) is 0 Å². The summed E-state index contributed by atoms with van der Waals surface area (Å²) in [6.07, 6.45) is -0.646. The second-order valence-corrected chi connectivity index (χ2v) is 10.9. The number of nitrogens with one attached hydrogen (secondary N) is 1. The number of amides is 1. The van der Waals surface area contributed by atoms with Crippen LogP contribution < -0.4 is 5.56 Å². The van der Waals surface area contributed by atoms with E-state index in [1.165, 1.54) is 18.3 Å². The fourth-order valence-corrected chi connectivity index (χ4v) is 5.74. The van der Waals surface area contributed by atoms with Crippen molar-refractivity contribution in [3.63, 3.8) is 0 Å². The van der Waals surface area contributed by atoms with Crippen LogP contribution in [0.4, 0.5) is 17.6 Å². The quantitative estimate of drug-likeness (QED) is 0.238. The molecule has 2 aliphatic rings. The Labute approximate surface area is 240 Å². The monoisotopic (exact) mass is 581 g/mol. The number of nitrogens with zero attached hydrogens (tertiary/aromatic N) is 4. The summed E-state index contributed by atoms with van der Waals surface area (Å²) in [4.78, 5) is 33.0. The van der Waals surface area contributed by atoms with Crippen molar-refractivity contribution in [2.45, 2.75) is 25.9 Å². The topological polar surface area (TPSA) is 81.7 Å². The van der Waals surface area contributed by atoms with Crippen LogP contribution in [0.5, 0.6) is 0 Å². The van der Waals surface area contributed by atoms with Crippen LogP contribution in [0.3, 0.4) is 0 Å². The fraction of sp³-hybridized carbons (Fsp3) is 0.355. The Balaban J connectivity index is 1.26. The summed E-state index contributed by atoms with van der Waals surface area (Å²) >= 11 is 0. The molecule has 1 amide bonds. The van der Waals surface area contributed by atoms with Gasteiger partial charge in [-0.15, -0.1) is 0 Å². The molecule has 2 fully saturated rings. The summed E-state index contributed by atoms with van der Waals surface area (Å²) in [6.45, 7) is 7.41. The number of aromatic amines is 1. The molecule has 2 atom stereocenters. The standard InChI is InChI=1S/C31H31F4N5O2/c1-3-20(14-36-19(2)31(33,34)35)15-39-11-10-22-17-40(18-23(22)16-39)30(42)26-12-21(8-9-27(26)32)13-28-24-6-4-5-7-25(24)29(41)38-37-28/h3-9,12,14,22-23H,1,10-11,13,15-18H2,2H3,(H,38,41)/b20-14+,36-19?. The molecule has 3 aromatic rings. The third-order valence-electron chi connectivity index (χ3n) is 8.08. The molecule has 1 N–H and O–H groups in total. The molecule has 3 heterocycles. The highest BCUT2D eigenvalue weighted by molar-refractivity contribution is 5.95. The van der Waals surface area contributed by atoms with Gasteiger partial charge in [-0.3, -0.25) is 19.5 Å². The summed E-state index contributed by atoms with van der Waals surface area (Å²) in [5.41, 5.74) is 0.664. The number of carbonyl (C=O) groups excluding carboxylic acids is 1. The number of aliphatic imine (C=N–C) groups is 1. The molecular formula is C31H31F4N5O2. The third-order valence-corrected chi connectivity index (χ3v) is 8.08. The molecular weight excluding hydrogens is 550 g/mol. The minimum Gasteiger partial charge on any atom is -0.338 e. The van der Waals surface area contributed by atoms with E-state index in [1.807, 2.05) is 12.1 Å². The van der Waals surface area contributed by atoms with Gasteiger partial charge in [0.25, 0.3) is 11.5 Å². The number of halogens is 4. The van der Waals surface area contributed by atoms with Gasteiger partial charge in [0.05, 0.1) is 16.6 Å². The molecule has 0 saturated carbocycles. The predicted octanol–water partition coefficient (Wildman–Crippen LogP) is 5.14. The minimum atomic E-state index is -4.48. The first-order valence-corrected chi connectivity index (χ1v) is 13.7. The summed E-state index contributed by atoms with van der Waals surface area (Å²) in [5, 5.41) is 7.90. The maximum Gasteiger partial charge on any atom is 0.429 e. The molecule has 220 valence electrons. The van der Waals surface area contributed by atoms with Gasteiger partial charge in [-0.1, -0.05) is 36.9 Å². The molecule has 0 aliphatic carbocycles. The van der Waals surface area contributed by atoms with Crippen LogP contribution in [0.1, 0.15) is 35.0 Å². The van der Waals surface area contributed by atoms with E-state index in [0.29, 0.717) is 60.2 Å². The molecule has 2 saturated heterocycles. The molecule has 2 aliphatic heterocycles. The van der Waals surface area contributed by atoms with E-state index in [1.54, 1.807) is 29.2 Å². The van der Waals surface area contributed by atoms with E-state index in [4.69, 9.17) is 0 Å². The van der Waals surface area contributed by atoms with Gasteiger partial charge < -0.3 is 4.90 Å². The van der Waals surface area contributed by atoms with Gasteiger partial charge in [-0.05, 0) is 61.1 Å². The Kier molecular flexibility index (Phi) is 8.40. The zero-order chi connectivity index (χ0) is 30.0. The van der Waals surface area contributed by atoms with Crippen molar-refractivity contribution < 1.29 is 22.4 Å². The van der Waals surface area contributed by atoms with Crippen molar-refractivity contribution in [3.05, 3.63) is 99.9 Å². The Morgan fingerprint density at radius 3 is 2.62 bits per heavy atom. The number of hydrogen-bond donors (Lipinski definition) is 1. The molecule has 1 aromatic heterocycles. The Hall–Kier alpha value is -4.12. The Bertz CT molecular complexity index is 1630. The largest absolute Gasteiger partial charge is 0.429 e. The fourth-order valence-electron chi connectivity index (χ4n) is 5.74. The van der Waals surface area contributed by atoms with Crippen molar-refractivity contribution in [3.8, 4) is 0 Å². The molecule has 0 radical (unpaired) electrons. The maximum atomic E-state index is 14.9. The first-order valence-electron chi connectivity index (χ1n) is 13.7. The molecule has 42 heavy (non-hydrogen) atoms. The van der Waals surface area contributed by atoms with Gasteiger partial charge in [0, 0.05) is 44.2 Å². The van der Waals surface area contributed by atoms with Crippen LogP contribution in [-0.2, 0) is 6.42 Å². The van der Waals surface area contributed by atoms with Crippen LogP contribution in [0.25, 0.3) is 10.8 Å². The van der Waals surface area contributed by atoms with E-state index in [9.17, 15) is 27.2 Å². The van der Waals surface area contributed by atoms with Crippen LogP contribution in [0.15, 0.2) is 76.7 Å². The van der Waals surface area contributed by atoms with E-state index >= 15 is 0 Å². The van der Waals surface area contributed by atoms with Crippen LogP contribution in [0.2, 0.25) is 0 Å². The van der Waals surface area contributed by atoms with E-state index in [0.717, 1.165) is 19.9 Å². The number of carbonyl (C=O) groups is 1. The van der Waals surface area contributed by atoms with Crippen LogP contribution in [-0.4, -0.2) is 70.5 Å². The van der Waals surface area contributed by atoms with Gasteiger partial charge in [0.1, 0.15) is 11.5 Å². The number of aromatic nitrogens is 2. The van der Waals surface area contributed by atoms with Gasteiger partial charge in [-0.2, -0.15) is 18.3 Å². The summed E-state index contributed by atoms with van der Waals surface area (Å²) < 4.78 is 53.3. The predicted molar refractivity (Wildman–Crippen MR) is 153 cm³/mol. The number of rotatable bonds is 7. The average Bonchev–Trinajstić information content (AvgIpc) is 3.40. The smallest absolute Gasteiger partial charge is 0.338 e. The number of likely N-dealkylation sites (tertiary alicyclic amines) is 2. The number of H-pyrrole nitrogens is 1. The van der Waals surface area contributed by atoms with E-state index < -0.39 is 17.7 Å². The number of alkyl halides is 3. The third kappa shape index (κ3) is 6.35. The highest BCUT2D eigenvalue weighted by Crippen LogP contribution is 2.33. The van der Waals surface area contributed by atoms with Crippen molar-refractivity contribution in [1.29, 1.82) is 0 Å². The van der Waals surface area contributed by atoms with Crippen LogP contribution >= 0.6 is 0 Å². The molecule has 7 nitrogen and oxygen atoms in total. The maximum absolute atomic E-state index is 14.9. The number of fused-ring (bicyclic) bond motifs is 2. The van der Waals surface area contributed by atoms with Gasteiger partial charge in [-0.25, -0.2) is 9.49 Å². The van der Waals surface area contributed by atoms with Crippen molar-refractivity contribution in [2.75, 3.05) is 32.7 Å². The average molecular weight is 582 g/mol. The highest BCUT2D eigenvalue weighted by Gasteiger charge is 2.39. The lowest BCUT2D eigenvalue weighted by atomic mass is 9.88. The molecule has 2 aromatic carbocycles. The van der Waals surface area contributed by atoms with E-state index in [2.05, 4.69) is 26.7 Å². The lowest BCUT2D eigenvalue weighted by Gasteiger charge is -2.34. The zero-order valence-electron chi connectivity index (χ0n) is 23.1. The number of hydrogen-bond acceptors (Lipinski definition) is 5. The minimum absolute atomic E-state index is 0.00786. The molecule has 0 spiro atoms. The number of benzene rings is 2. The molecule has 2 unspecified atom stereocenters. The second-order valence-electron chi connectivity index (χ2n) is 10.9. The van der Waals surface area contributed by atoms with Gasteiger partial charge >= 0.3 is 6.18 Å². The normalized spacial score (nSPS) is 20.2. The number of piperidine rings is 1. The Morgan fingerprint density at radius 1 is 1.14 bits per heavy atom. The molecule has 0 bridgehead atoms. The zero-order valence-corrected chi connectivity index (χ0v) is 23.1. The van der Waals surface area contributed by atoms with Crippen molar-refractivity contribution in [1.82, 2.24) is 20.0 Å². The first-order chi connectivity index (χ1) is 20.0. The summed E-state index contributed by atoms with van der Waals surface area (Å²) in [7, 11) is 0. The van der Waals surface area contributed by atoms with Crippen molar-refractivity contribution >= 4 is 22.4 Å².